The third-order valence-corrected chi connectivity index (χ3v) is 5.98. The zero-order chi connectivity index (χ0) is 12.1. The largest absolute Gasteiger partial charge is 0.315 e. The van der Waals surface area contributed by atoms with Crippen LogP contribution < -0.4 is 5.32 Å². The Morgan fingerprint density at radius 1 is 1.59 bits per heavy atom. The second-order valence-electron chi connectivity index (χ2n) is 4.08. The summed E-state index contributed by atoms with van der Waals surface area (Å²) in [6.45, 7) is 3.01. The quantitative estimate of drug-likeness (QED) is 0.874. The number of rotatable bonds is 5. The number of aryl methyl sites for hydroxylation is 1. The lowest BCUT2D eigenvalue weighted by atomic mass is 10.1. The van der Waals surface area contributed by atoms with Gasteiger partial charge in [0.25, 0.3) is 0 Å². The smallest absolute Gasteiger partial charge is 0.138 e. The van der Waals surface area contributed by atoms with Gasteiger partial charge in [0.1, 0.15) is 12.2 Å². The van der Waals surface area contributed by atoms with Crippen LogP contribution in [-0.2, 0) is 13.0 Å². The first-order valence-corrected chi connectivity index (χ1v) is 8.28. The fourth-order valence-electron chi connectivity index (χ4n) is 2.06. The Bertz CT molecular complexity index is 336. The van der Waals surface area contributed by atoms with Crippen LogP contribution in [0.2, 0.25) is 0 Å². The van der Waals surface area contributed by atoms with Gasteiger partial charge in [-0.15, -0.1) is 0 Å². The summed E-state index contributed by atoms with van der Waals surface area (Å²) in [4.78, 5) is 4.37. The Labute approximate surface area is 111 Å². The molecule has 0 amide bonds. The van der Waals surface area contributed by atoms with Crippen molar-refractivity contribution < 1.29 is 0 Å². The lowest BCUT2D eigenvalue weighted by Crippen LogP contribution is -2.41. The molecule has 2 unspecified atom stereocenters. The molecule has 1 saturated heterocycles. The SMILES string of the molecule is CCn1ncnc1CC(NC)C1CSCCS1. The summed E-state index contributed by atoms with van der Waals surface area (Å²) < 4.78 is 1.99. The van der Waals surface area contributed by atoms with Gasteiger partial charge in [0.2, 0.25) is 0 Å². The van der Waals surface area contributed by atoms with E-state index in [4.69, 9.17) is 0 Å². The number of aromatic nitrogens is 3. The van der Waals surface area contributed by atoms with Gasteiger partial charge in [-0.2, -0.15) is 28.6 Å². The Morgan fingerprint density at radius 3 is 3.12 bits per heavy atom. The van der Waals surface area contributed by atoms with Crippen molar-refractivity contribution in [3.63, 3.8) is 0 Å². The molecule has 2 rings (SSSR count). The maximum absolute atomic E-state index is 4.37. The van der Waals surface area contributed by atoms with Crippen LogP contribution in [0.25, 0.3) is 0 Å². The number of thioether (sulfide) groups is 2. The van der Waals surface area contributed by atoms with Crippen LogP contribution in [0, 0.1) is 0 Å². The molecule has 1 fully saturated rings. The monoisotopic (exact) mass is 272 g/mol. The van der Waals surface area contributed by atoms with Crippen molar-refractivity contribution >= 4 is 23.5 Å². The van der Waals surface area contributed by atoms with Crippen molar-refractivity contribution in [2.45, 2.75) is 31.2 Å². The fraction of sp³-hybridized carbons (Fsp3) is 0.818. The van der Waals surface area contributed by atoms with Crippen LogP contribution in [0.5, 0.6) is 0 Å². The number of hydrogen-bond acceptors (Lipinski definition) is 5. The highest BCUT2D eigenvalue weighted by molar-refractivity contribution is 8.06. The van der Waals surface area contributed by atoms with E-state index in [1.165, 1.54) is 17.3 Å². The minimum absolute atomic E-state index is 0.502. The maximum atomic E-state index is 4.37. The molecule has 2 atom stereocenters. The average Bonchev–Trinajstić information content (AvgIpc) is 2.84. The molecule has 96 valence electrons. The first kappa shape index (κ1) is 13.2. The third-order valence-electron chi connectivity index (χ3n) is 3.06. The molecule has 1 N–H and O–H groups in total. The number of nitrogens with one attached hydrogen (secondary N) is 1. The molecule has 1 aliphatic rings. The zero-order valence-electron chi connectivity index (χ0n) is 10.4. The third kappa shape index (κ3) is 3.39. The van der Waals surface area contributed by atoms with Crippen molar-refractivity contribution in [2.75, 3.05) is 24.3 Å². The van der Waals surface area contributed by atoms with E-state index in [0.717, 1.165) is 18.8 Å². The van der Waals surface area contributed by atoms with Crippen LogP contribution in [0.3, 0.4) is 0 Å². The molecule has 0 aliphatic carbocycles. The van der Waals surface area contributed by atoms with E-state index in [-0.39, 0.29) is 0 Å². The topological polar surface area (TPSA) is 42.7 Å². The highest BCUT2D eigenvalue weighted by Crippen LogP contribution is 2.27. The molecule has 0 bridgehead atoms. The van der Waals surface area contributed by atoms with Gasteiger partial charge in [0.15, 0.2) is 0 Å². The van der Waals surface area contributed by atoms with E-state index in [0.29, 0.717) is 11.3 Å². The molecule has 1 aromatic heterocycles. The lowest BCUT2D eigenvalue weighted by Gasteiger charge is -2.29. The summed E-state index contributed by atoms with van der Waals surface area (Å²) >= 11 is 4.16. The summed E-state index contributed by atoms with van der Waals surface area (Å²) in [5.41, 5.74) is 0. The summed E-state index contributed by atoms with van der Waals surface area (Å²) in [6.07, 6.45) is 2.64. The highest BCUT2D eigenvalue weighted by atomic mass is 32.2. The van der Waals surface area contributed by atoms with Crippen LogP contribution in [0.4, 0.5) is 0 Å². The minimum Gasteiger partial charge on any atom is -0.315 e. The Morgan fingerprint density at radius 2 is 2.47 bits per heavy atom. The molecule has 0 saturated carbocycles. The van der Waals surface area contributed by atoms with Crippen LogP contribution >= 0.6 is 23.5 Å². The molecule has 0 aromatic carbocycles. The van der Waals surface area contributed by atoms with Gasteiger partial charge in [0, 0.05) is 41.5 Å². The van der Waals surface area contributed by atoms with E-state index in [9.17, 15) is 0 Å². The highest BCUT2D eigenvalue weighted by Gasteiger charge is 2.24. The lowest BCUT2D eigenvalue weighted by molar-refractivity contribution is 0.514. The first-order valence-electron chi connectivity index (χ1n) is 6.08. The summed E-state index contributed by atoms with van der Waals surface area (Å²) in [5.74, 6) is 4.91. The molecule has 17 heavy (non-hydrogen) atoms. The predicted molar refractivity (Wildman–Crippen MR) is 75.8 cm³/mol. The molecular formula is C11H20N4S2. The molecule has 6 heteroatoms. The Hall–Kier alpha value is -0.200. The predicted octanol–water partition coefficient (Wildman–Crippen LogP) is 1.28. The second-order valence-corrected chi connectivity index (χ2v) is 6.57. The van der Waals surface area contributed by atoms with E-state index in [1.807, 2.05) is 4.68 Å². The van der Waals surface area contributed by atoms with Gasteiger partial charge < -0.3 is 5.32 Å². The van der Waals surface area contributed by atoms with Crippen LogP contribution in [0.1, 0.15) is 12.7 Å². The van der Waals surface area contributed by atoms with E-state index >= 15 is 0 Å². The summed E-state index contributed by atoms with van der Waals surface area (Å²) in [7, 11) is 2.05. The molecular weight excluding hydrogens is 252 g/mol. The van der Waals surface area contributed by atoms with Crippen molar-refractivity contribution in [2.24, 2.45) is 0 Å². The zero-order valence-corrected chi connectivity index (χ0v) is 12.1. The van der Waals surface area contributed by atoms with E-state index in [1.54, 1.807) is 6.33 Å². The second kappa shape index (κ2) is 6.66. The molecule has 1 aliphatic heterocycles. The average molecular weight is 272 g/mol. The Kier molecular flexibility index (Phi) is 5.18. The standard InChI is InChI=1S/C11H20N4S2/c1-3-15-11(13-8-14-15)6-9(12-2)10-7-16-4-5-17-10/h8-10,12H,3-7H2,1-2H3. The van der Waals surface area contributed by atoms with Gasteiger partial charge in [0.05, 0.1) is 0 Å². The molecule has 1 aromatic rings. The van der Waals surface area contributed by atoms with Crippen molar-refractivity contribution in [3.05, 3.63) is 12.2 Å². The van der Waals surface area contributed by atoms with Crippen molar-refractivity contribution in [1.29, 1.82) is 0 Å². The molecule has 2 heterocycles. The van der Waals surface area contributed by atoms with Gasteiger partial charge in [-0.05, 0) is 14.0 Å². The minimum atomic E-state index is 0.502. The molecule has 0 spiro atoms. The number of likely N-dealkylation sites (N-methyl/N-ethyl adjacent to an activating group) is 1. The number of nitrogens with zero attached hydrogens (tertiary/aromatic N) is 3. The fourth-order valence-corrected chi connectivity index (χ4v) is 4.99. The van der Waals surface area contributed by atoms with E-state index in [2.05, 4.69) is 52.9 Å². The van der Waals surface area contributed by atoms with Gasteiger partial charge in [-0.25, -0.2) is 4.98 Å². The molecule has 0 radical (unpaired) electrons. The number of hydrogen-bond donors (Lipinski definition) is 1. The van der Waals surface area contributed by atoms with E-state index < -0.39 is 0 Å². The van der Waals surface area contributed by atoms with Gasteiger partial charge >= 0.3 is 0 Å². The van der Waals surface area contributed by atoms with Crippen molar-refractivity contribution in [1.82, 2.24) is 20.1 Å². The molecule has 4 nitrogen and oxygen atoms in total. The normalized spacial score (nSPS) is 22.6. The van der Waals surface area contributed by atoms with Gasteiger partial charge in [-0.1, -0.05) is 0 Å². The van der Waals surface area contributed by atoms with Crippen molar-refractivity contribution in [3.8, 4) is 0 Å². The van der Waals surface area contributed by atoms with Gasteiger partial charge in [-0.3, -0.25) is 4.68 Å². The summed E-state index contributed by atoms with van der Waals surface area (Å²) in [5, 5.41) is 8.37. The summed E-state index contributed by atoms with van der Waals surface area (Å²) in [6, 6.07) is 0.502. The van der Waals surface area contributed by atoms with Crippen LogP contribution in [0.15, 0.2) is 6.33 Å². The first-order chi connectivity index (χ1) is 8.35. The van der Waals surface area contributed by atoms with Crippen LogP contribution in [-0.4, -0.2) is 50.4 Å². The Balaban J connectivity index is 1.98. The maximum Gasteiger partial charge on any atom is 0.138 e.